The lowest BCUT2D eigenvalue weighted by Gasteiger charge is -2.10. The van der Waals surface area contributed by atoms with Gasteiger partial charge in [0.05, 0.1) is 12.3 Å². The number of ether oxygens (including phenoxy) is 1. The van der Waals surface area contributed by atoms with Crippen molar-refractivity contribution in [2.24, 2.45) is 5.92 Å². The van der Waals surface area contributed by atoms with E-state index in [1.54, 1.807) is 19.2 Å². The number of hydrogen-bond acceptors (Lipinski definition) is 4. The summed E-state index contributed by atoms with van der Waals surface area (Å²) in [5, 5.41) is 4.32. The van der Waals surface area contributed by atoms with Crippen molar-refractivity contribution in [2.45, 2.75) is 6.92 Å². The average molecular weight is 313 g/mol. The van der Waals surface area contributed by atoms with Gasteiger partial charge < -0.3 is 15.8 Å². The van der Waals surface area contributed by atoms with Crippen molar-refractivity contribution in [3.63, 3.8) is 0 Å². The second-order valence-corrected chi connectivity index (χ2v) is 6.24. The van der Waals surface area contributed by atoms with Crippen molar-refractivity contribution in [3.8, 4) is 0 Å². The summed E-state index contributed by atoms with van der Waals surface area (Å²) in [6.45, 7) is 3.18. The first-order valence-corrected chi connectivity index (χ1v) is 7.47. The highest BCUT2D eigenvalue weighted by atomic mass is 35.5. The zero-order chi connectivity index (χ0) is 14.7. The molecule has 6 heteroatoms. The summed E-state index contributed by atoms with van der Waals surface area (Å²) in [6.07, 6.45) is 0. The number of nitrogen functional groups attached to an aromatic ring is 1. The van der Waals surface area contributed by atoms with Gasteiger partial charge in [0.15, 0.2) is 0 Å². The first-order valence-electron chi connectivity index (χ1n) is 6.27. The molecule has 1 aromatic heterocycles. The second-order valence-electron chi connectivity index (χ2n) is 4.76. The van der Waals surface area contributed by atoms with Crippen molar-refractivity contribution >= 4 is 44.6 Å². The summed E-state index contributed by atoms with van der Waals surface area (Å²) in [7, 11) is 1.64. The van der Waals surface area contributed by atoms with Gasteiger partial charge in [0.2, 0.25) is 0 Å². The molecule has 0 fully saturated rings. The van der Waals surface area contributed by atoms with Gasteiger partial charge in [0.1, 0.15) is 4.88 Å². The minimum atomic E-state index is -0.150. The van der Waals surface area contributed by atoms with E-state index in [4.69, 9.17) is 22.1 Å². The molecule has 0 aliphatic heterocycles. The number of anilines is 1. The summed E-state index contributed by atoms with van der Waals surface area (Å²) in [5.41, 5.74) is 6.53. The van der Waals surface area contributed by atoms with Crippen molar-refractivity contribution < 1.29 is 9.53 Å². The largest absolute Gasteiger partial charge is 0.397 e. The second kappa shape index (κ2) is 6.43. The lowest BCUT2D eigenvalue weighted by molar-refractivity contribution is 0.0939. The van der Waals surface area contributed by atoms with Gasteiger partial charge in [-0.25, -0.2) is 0 Å². The Morgan fingerprint density at radius 1 is 1.55 bits per heavy atom. The summed E-state index contributed by atoms with van der Waals surface area (Å²) in [5.74, 6) is 0.108. The normalized spacial score (nSPS) is 12.6. The van der Waals surface area contributed by atoms with E-state index >= 15 is 0 Å². The molecule has 0 aliphatic carbocycles. The topological polar surface area (TPSA) is 64.3 Å². The van der Waals surface area contributed by atoms with Crippen molar-refractivity contribution in [1.82, 2.24) is 5.32 Å². The Labute approximate surface area is 126 Å². The van der Waals surface area contributed by atoms with Gasteiger partial charge in [-0.1, -0.05) is 18.5 Å². The summed E-state index contributed by atoms with van der Waals surface area (Å²) >= 11 is 7.33. The van der Waals surface area contributed by atoms with E-state index in [9.17, 15) is 4.79 Å². The van der Waals surface area contributed by atoms with E-state index in [1.807, 2.05) is 13.0 Å². The fraction of sp³-hybridized carbons (Fsp3) is 0.357. The van der Waals surface area contributed by atoms with Crippen LogP contribution in [0.2, 0.25) is 5.02 Å². The number of nitrogens with one attached hydrogen (secondary N) is 1. The monoisotopic (exact) mass is 312 g/mol. The van der Waals surface area contributed by atoms with Crippen LogP contribution >= 0.6 is 22.9 Å². The molecule has 108 valence electrons. The lowest BCUT2D eigenvalue weighted by atomic mass is 10.2. The number of halogens is 1. The molecule has 4 nitrogen and oxygen atoms in total. The molecule has 2 aromatic rings. The van der Waals surface area contributed by atoms with Crippen LogP contribution in [0.25, 0.3) is 10.1 Å². The molecular weight excluding hydrogens is 296 g/mol. The number of carbonyl (C=O) groups excluding carboxylic acids is 1. The molecule has 1 atom stereocenters. The molecule has 3 N–H and O–H groups in total. The number of thiophene rings is 1. The van der Waals surface area contributed by atoms with Gasteiger partial charge in [0.25, 0.3) is 5.91 Å². The fourth-order valence-electron chi connectivity index (χ4n) is 1.95. The van der Waals surface area contributed by atoms with Crippen LogP contribution in [0.4, 0.5) is 5.69 Å². The van der Waals surface area contributed by atoms with Crippen LogP contribution in [0, 0.1) is 5.92 Å². The number of methoxy groups -OCH3 is 1. The van der Waals surface area contributed by atoms with Gasteiger partial charge in [-0.3, -0.25) is 4.79 Å². The number of rotatable bonds is 5. The minimum Gasteiger partial charge on any atom is -0.397 e. The molecular formula is C14H17ClN2O2S. The molecule has 0 spiro atoms. The molecule has 20 heavy (non-hydrogen) atoms. The van der Waals surface area contributed by atoms with E-state index in [2.05, 4.69) is 5.32 Å². The van der Waals surface area contributed by atoms with E-state index in [0.717, 1.165) is 10.1 Å². The van der Waals surface area contributed by atoms with Gasteiger partial charge in [-0.2, -0.15) is 0 Å². The Morgan fingerprint density at radius 3 is 3.00 bits per heavy atom. The highest BCUT2D eigenvalue weighted by Crippen LogP contribution is 2.35. The number of hydrogen-bond donors (Lipinski definition) is 2. The predicted octanol–water partition coefficient (Wildman–Crippen LogP) is 3.15. The highest BCUT2D eigenvalue weighted by molar-refractivity contribution is 7.21. The van der Waals surface area contributed by atoms with Crippen LogP contribution in [0.5, 0.6) is 0 Å². The van der Waals surface area contributed by atoms with Crippen molar-refractivity contribution in [2.75, 3.05) is 26.0 Å². The Morgan fingerprint density at radius 2 is 2.30 bits per heavy atom. The van der Waals surface area contributed by atoms with E-state index in [-0.39, 0.29) is 11.8 Å². The van der Waals surface area contributed by atoms with Crippen LogP contribution in [-0.4, -0.2) is 26.2 Å². The van der Waals surface area contributed by atoms with Gasteiger partial charge in [-0.05, 0) is 24.1 Å². The third-order valence-electron chi connectivity index (χ3n) is 2.96. The smallest absolute Gasteiger partial charge is 0.263 e. The van der Waals surface area contributed by atoms with Crippen LogP contribution < -0.4 is 11.1 Å². The Kier molecular flexibility index (Phi) is 4.86. The summed E-state index contributed by atoms with van der Waals surface area (Å²) < 4.78 is 6.00. The van der Waals surface area contributed by atoms with Gasteiger partial charge >= 0.3 is 0 Å². The fourth-order valence-corrected chi connectivity index (χ4v) is 3.14. The molecule has 0 bridgehead atoms. The van der Waals surface area contributed by atoms with Gasteiger partial charge in [-0.15, -0.1) is 11.3 Å². The molecule has 0 radical (unpaired) electrons. The number of benzene rings is 1. The zero-order valence-electron chi connectivity index (χ0n) is 11.4. The Bertz CT molecular complexity index is 627. The van der Waals surface area contributed by atoms with Crippen LogP contribution in [0.1, 0.15) is 16.6 Å². The molecule has 0 saturated heterocycles. The Hall–Kier alpha value is -1.30. The molecule has 1 heterocycles. The van der Waals surface area contributed by atoms with E-state index in [1.165, 1.54) is 11.3 Å². The molecule has 2 rings (SSSR count). The first-order chi connectivity index (χ1) is 9.52. The predicted molar refractivity (Wildman–Crippen MR) is 84.6 cm³/mol. The van der Waals surface area contributed by atoms with Crippen molar-refractivity contribution in [1.29, 1.82) is 0 Å². The van der Waals surface area contributed by atoms with Crippen LogP contribution in [0.3, 0.4) is 0 Å². The maximum Gasteiger partial charge on any atom is 0.263 e. The maximum atomic E-state index is 12.2. The SMILES string of the molecule is COCC(C)CNC(=O)c1sc2ccc(Cl)cc2c1N. The van der Waals surface area contributed by atoms with Crippen LogP contribution in [-0.2, 0) is 4.74 Å². The third kappa shape index (κ3) is 3.23. The molecule has 0 saturated carbocycles. The number of nitrogens with two attached hydrogens (primary N) is 1. The molecule has 1 amide bonds. The standard InChI is InChI=1S/C14H17ClN2O2S/c1-8(7-19-2)6-17-14(18)13-12(16)10-5-9(15)3-4-11(10)20-13/h3-5,8H,6-7,16H2,1-2H3,(H,17,18). The zero-order valence-corrected chi connectivity index (χ0v) is 13.0. The van der Waals surface area contributed by atoms with E-state index < -0.39 is 0 Å². The number of fused-ring (bicyclic) bond motifs is 1. The maximum absolute atomic E-state index is 12.2. The summed E-state index contributed by atoms with van der Waals surface area (Å²) in [6, 6.07) is 5.46. The number of carbonyl (C=O) groups is 1. The summed E-state index contributed by atoms with van der Waals surface area (Å²) in [4.78, 5) is 12.7. The van der Waals surface area contributed by atoms with Crippen molar-refractivity contribution in [3.05, 3.63) is 28.1 Å². The average Bonchev–Trinajstić information content (AvgIpc) is 2.74. The Balaban J connectivity index is 2.16. The molecule has 1 aromatic carbocycles. The minimum absolute atomic E-state index is 0.150. The van der Waals surface area contributed by atoms with Gasteiger partial charge in [0, 0.05) is 28.8 Å². The third-order valence-corrected chi connectivity index (χ3v) is 4.38. The quantitative estimate of drug-likeness (QED) is 0.891. The first kappa shape index (κ1) is 15.1. The van der Waals surface area contributed by atoms with Crippen LogP contribution in [0.15, 0.2) is 18.2 Å². The number of amides is 1. The molecule has 0 aliphatic rings. The van der Waals surface area contributed by atoms with E-state index in [0.29, 0.717) is 28.7 Å². The molecule has 1 unspecified atom stereocenters. The highest BCUT2D eigenvalue weighted by Gasteiger charge is 2.17. The lowest BCUT2D eigenvalue weighted by Crippen LogP contribution is -2.29.